The first-order chi connectivity index (χ1) is 8.92. The second-order valence-electron chi connectivity index (χ2n) is 5.11. The summed E-state index contributed by atoms with van der Waals surface area (Å²) in [4.78, 5) is 4.31. The van der Waals surface area contributed by atoms with Crippen molar-refractivity contribution in [2.45, 2.75) is 24.8 Å². The van der Waals surface area contributed by atoms with Gasteiger partial charge < -0.3 is 10.6 Å². The van der Waals surface area contributed by atoms with Crippen molar-refractivity contribution in [3.8, 4) is 0 Å². The molecular weight excluding hydrogens is 282 g/mol. The van der Waals surface area contributed by atoms with Gasteiger partial charge in [0, 0.05) is 29.4 Å². The van der Waals surface area contributed by atoms with Gasteiger partial charge >= 0.3 is 0 Å². The molecule has 0 radical (unpaired) electrons. The van der Waals surface area contributed by atoms with Gasteiger partial charge in [0.2, 0.25) is 10.0 Å². The van der Waals surface area contributed by atoms with Crippen molar-refractivity contribution in [2.75, 3.05) is 26.7 Å². The first kappa shape index (κ1) is 14.9. The molecule has 1 atom stereocenters. The molecular formula is C12H21N3O2S2. The number of aryl methyl sites for hydroxylation is 1. The van der Waals surface area contributed by atoms with Crippen molar-refractivity contribution in [1.82, 2.24) is 9.62 Å². The summed E-state index contributed by atoms with van der Waals surface area (Å²) in [7, 11) is -1.34. The van der Waals surface area contributed by atoms with E-state index in [1.807, 2.05) is 6.92 Å². The Hall–Kier alpha value is -0.470. The van der Waals surface area contributed by atoms with Crippen molar-refractivity contribution >= 4 is 21.4 Å². The highest BCUT2D eigenvalue weighted by Gasteiger charge is 2.24. The highest BCUT2D eigenvalue weighted by atomic mass is 32.2. The number of rotatable bonds is 5. The van der Waals surface area contributed by atoms with Crippen LogP contribution in [0.25, 0.3) is 0 Å². The van der Waals surface area contributed by atoms with Gasteiger partial charge in [-0.2, -0.15) is 0 Å². The van der Waals surface area contributed by atoms with Crippen LogP contribution >= 0.6 is 11.3 Å². The zero-order valence-electron chi connectivity index (χ0n) is 11.3. The van der Waals surface area contributed by atoms with E-state index in [1.54, 1.807) is 6.07 Å². The summed E-state index contributed by atoms with van der Waals surface area (Å²) < 4.78 is 27.3. The Morgan fingerprint density at radius 1 is 1.58 bits per heavy atom. The van der Waals surface area contributed by atoms with Crippen LogP contribution in [0.2, 0.25) is 0 Å². The zero-order valence-corrected chi connectivity index (χ0v) is 13.0. The predicted octanol–water partition coefficient (Wildman–Crippen LogP) is 0.745. The summed E-state index contributed by atoms with van der Waals surface area (Å²) in [6, 6.07) is 1.68. The van der Waals surface area contributed by atoms with Crippen LogP contribution in [0.1, 0.15) is 16.2 Å². The Morgan fingerprint density at radius 2 is 2.32 bits per heavy atom. The molecule has 0 aliphatic carbocycles. The number of hydrogen-bond acceptors (Lipinski definition) is 5. The summed E-state index contributed by atoms with van der Waals surface area (Å²) in [5.74, 6) is 0.410. The van der Waals surface area contributed by atoms with E-state index >= 15 is 0 Å². The smallest absolute Gasteiger partial charge is 0.241 e. The number of thiophene rings is 1. The first-order valence-corrected chi connectivity index (χ1v) is 8.70. The van der Waals surface area contributed by atoms with Crippen LogP contribution in [0.3, 0.4) is 0 Å². The molecule has 1 aliphatic rings. The van der Waals surface area contributed by atoms with E-state index in [0.29, 0.717) is 23.9 Å². The van der Waals surface area contributed by atoms with Crippen LogP contribution in [0, 0.1) is 12.8 Å². The maximum absolute atomic E-state index is 12.3. The molecule has 19 heavy (non-hydrogen) atoms. The minimum Gasteiger partial charge on any atom is -0.326 e. The lowest BCUT2D eigenvalue weighted by Gasteiger charge is -2.12. The quantitative estimate of drug-likeness (QED) is 0.841. The molecule has 1 unspecified atom stereocenters. The third-order valence-electron chi connectivity index (χ3n) is 3.46. The van der Waals surface area contributed by atoms with Crippen LogP contribution < -0.4 is 10.5 Å². The zero-order chi connectivity index (χ0) is 14.0. The fraction of sp³-hybridized carbons (Fsp3) is 0.667. The van der Waals surface area contributed by atoms with Crippen molar-refractivity contribution < 1.29 is 8.42 Å². The second-order valence-corrected chi connectivity index (χ2v) is 8.18. The average Bonchev–Trinajstić information content (AvgIpc) is 2.93. The van der Waals surface area contributed by atoms with Crippen LogP contribution in [0.5, 0.6) is 0 Å². The molecule has 1 fully saturated rings. The monoisotopic (exact) mass is 303 g/mol. The molecule has 3 N–H and O–H groups in total. The Kier molecular flexibility index (Phi) is 4.62. The van der Waals surface area contributed by atoms with Gasteiger partial charge in [-0.15, -0.1) is 11.3 Å². The average molecular weight is 303 g/mol. The van der Waals surface area contributed by atoms with Gasteiger partial charge in [-0.1, -0.05) is 0 Å². The van der Waals surface area contributed by atoms with Crippen molar-refractivity contribution in [1.29, 1.82) is 0 Å². The van der Waals surface area contributed by atoms with Crippen LogP contribution in [0.15, 0.2) is 11.0 Å². The lowest BCUT2D eigenvalue weighted by Crippen LogP contribution is -2.30. The van der Waals surface area contributed by atoms with Gasteiger partial charge in [0.15, 0.2) is 0 Å². The summed E-state index contributed by atoms with van der Waals surface area (Å²) in [5, 5.41) is 0. The van der Waals surface area contributed by atoms with E-state index in [0.717, 1.165) is 29.3 Å². The molecule has 1 aromatic rings. The molecule has 0 saturated carbocycles. The van der Waals surface area contributed by atoms with E-state index in [1.165, 1.54) is 11.3 Å². The molecule has 0 bridgehead atoms. The molecule has 108 valence electrons. The minimum atomic E-state index is -3.40. The summed E-state index contributed by atoms with van der Waals surface area (Å²) in [6.07, 6.45) is 1.05. The molecule has 1 aliphatic heterocycles. The van der Waals surface area contributed by atoms with Crippen molar-refractivity contribution in [2.24, 2.45) is 11.7 Å². The number of hydrogen-bond donors (Lipinski definition) is 2. The van der Waals surface area contributed by atoms with Gasteiger partial charge in [0.05, 0.1) is 4.90 Å². The number of nitrogens with two attached hydrogens (primary N) is 1. The van der Waals surface area contributed by atoms with E-state index in [4.69, 9.17) is 5.73 Å². The molecule has 5 nitrogen and oxygen atoms in total. The lowest BCUT2D eigenvalue weighted by atomic mass is 10.1. The molecule has 2 heterocycles. The highest BCUT2D eigenvalue weighted by molar-refractivity contribution is 7.89. The fourth-order valence-corrected chi connectivity index (χ4v) is 5.02. The normalized spacial score (nSPS) is 21.1. The van der Waals surface area contributed by atoms with Crippen LogP contribution in [0.4, 0.5) is 0 Å². The number of likely N-dealkylation sites (tertiary alicyclic amines) is 1. The molecule has 7 heteroatoms. The molecule has 0 amide bonds. The van der Waals surface area contributed by atoms with Crippen LogP contribution in [-0.4, -0.2) is 40.0 Å². The fourth-order valence-electron chi connectivity index (χ4n) is 2.39. The SMILES string of the molecule is Cc1sc(CN)cc1S(=O)(=O)NCC1CCN(C)C1. The lowest BCUT2D eigenvalue weighted by molar-refractivity contribution is 0.394. The van der Waals surface area contributed by atoms with Gasteiger partial charge in [0.1, 0.15) is 0 Å². The van der Waals surface area contributed by atoms with Gasteiger partial charge in [-0.3, -0.25) is 0 Å². The van der Waals surface area contributed by atoms with Crippen LogP contribution in [-0.2, 0) is 16.6 Å². The minimum absolute atomic E-state index is 0.379. The highest BCUT2D eigenvalue weighted by Crippen LogP contribution is 2.25. The van der Waals surface area contributed by atoms with E-state index in [-0.39, 0.29) is 0 Å². The van der Waals surface area contributed by atoms with E-state index in [9.17, 15) is 8.42 Å². The number of nitrogens with one attached hydrogen (secondary N) is 1. The maximum Gasteiger partial charge on any atom is 0.241 e. The van der Waals surface area contributed by atoms with Crippen molar-refractivity contribution in [3.63, 3.8) is 0 Å². The predicted molar refractivity (Wildman–Crippen MR) is 77.7 cm³/mol. The second kappa shape index (κ2) is 5.88. The standard InChI is InChI=1S/C12H21N3O2S2/c1-9-12(5-11(6-13)18-9)19(16,17)14-7-10-3-4-15(2)8-10/h5,10,14H,3-4,6-8,13H2,1-2H3. The van der Waals surface area contributed by atoms with E-state index < -0.39 is 10.0 Å². The molecule has 1 aromatic heterocycles. The largest absolute Gasteiger partial charge is 0.326 e. The Labute approximate surface area is 118 Å². The third-order valence-corrected chi connectivity index (χ3v) is 6.22. The first-order valence-electron chi connectivity index (χ1n) is 6.40. The molecule has 0 spiro atoms. The number of nitrogens with zero attached hydrogens (tertiary/aromatic N) is 1. The molecule has 1 saturated heterocycles. The summed E-state index contributed by atoms with van der Waals surface area (Å²) in [5.41, 5.74) is 5.55. The maximum atomic E-state index is 12.3. The summed E-state index contributed by atoms with van der Waals surface area (Å²) in [6.45, 7) is 4.72. The van der Waals surface area contributed by atoms with Gasteiger partial charge in [0.25, 0.3) is 0 Å². The molecule has 0 aromatic carbocycles. The Morgan fingerprint density at radius 3 is 2.84 bits per heavy atom. The summed E-state index contributed by atoms with van der Waals surface area (Å²) >= 11 is 1.45. The topological polar surface area (TPSA) is 75.4 Å². The third kappa shape index (κ3) is 3.55. The Bertz CT molecular complexity index is 539. The van der Waals surface area contributed by atoms with Crippen molar-refractivity contribution in [3.05, 3.63) is 15.8 Å². The number of sulfonamides is 1. The van der Waals surface area contributed by atoms with Gasteiger partial charge in [-0.25, -0.2) is 13.1 Å². The Balaban J connectivity index is 2.03. The molecule has 2 rings (SSSR count). The van der Waals surface area contributed by atoms with Gasteiger partial charge in [-0.05, 0) is 38.9 Å². The van der Waals surface area contributed by atoms with E-state index in [2.05, 4.69) is 16.7 Å².